The molecule has 4 nitrogen and oxygen atoms in total. The van der Waals surface area contributed by atoms with E-state index in [1.807, 2.05) is 0 Å². The van der Waals surface area contributed by atoms with Crippen molar-refractivity contribution in [3.05, 3.63) is 33.8 Å². The number of halogens is 2. The smallest absolute Gasteiger partial charge is 0.165 e. The van der Waals surface area contributed by atoms with Crippen molar-refractivity contribution < 1.29 is 9.13 Å². The summed E-state index contributed by atoms with van der Waals surface area (Å²) < 4.78 is 19.2. The van der Waals surface area contributed by atoms with Gasteiger partial charge in [-0.2, -0.15) is 0 Å². The SMILES string of the molecule is CNc1nc(-c2ccc(F)c(OC)c2)ncc1I. The van der Waals surface area contributed by atoms with Crippen molar-refractivity contribution in [3.8, 4) is 17.1 Å². The van der Waals surface area contributed by atoms with E-state index in [2.05, 4.69) is 37.9 Å². The minimum atomic E-state index is -0.402. The van der Waals surface area contributed by atoms with Gasteiger partial charge in [-0.1, -0.05) is 0 Å². The number of ether oxygens (including phenoxy) is 1. The lowest BCUT2D eigenvalue weighted by molar-refractivity contribution is 0.387. The minimum Gasteiger partial charge on any atom is -0.494 e. The number of aromatic nitrogens is 2. The Hall–Kier alpha value is -1.44. The van der Waals surface area contributed by atoms with Crippen LogP contribution in [0.5, 0.6) is 5.75 Å². The number of hydrogen-bond acceptors (Lipinski definition) is 4. The fraction of sp³-hybridized carbons (Fsp3) is 0.167. The van der Waals surface area contributed by atoms with Crippen molar-refractivity contribution in [3.63, 3.8) is 0 Å². The highest BCUT2D eigenvalue weighted by atomic mass is 127. The van der Waals surface area contributed by atoms with Gasteiger partial charge in [0.25, 0.3) is 0 Å². The molecule has 2 rings (SSSR count). The Bertz CT molecular complexity index is 526. The van der Waals surface area contributed by atoms with Crippen LogP contribution in [0.3, 0.4) is 0 Å². The minimum absolute atomic E-state index is 0.181. The molecule has 0 spiro atoms. The number of hydrogen-bond donors (Lipinski definition) is 1. The van der Waals surface area contributed by atoms with Crippen molar-refractivity contribution in [2.24, 2.45) is 0 Å². The molecule has 0 aliphatic carbocycles. The summed E-state index contributed by atoms with van der Waals surface area (Å²) in [5, 5.41) is 2.98. The molecule has 0 saturated heterocycles. The van der Waals surface area contributed by atoms with Crippen molar-refractivity contribution in [1.29, 1.82) is 0 Å². The van der Waals surface area contributed by atoms with Crippen LogP contribution in [0.1, 0.15) is 0 Å². The van der Waals surface area contributed by atoms with Gasteiger partial charge in [0.05, 0.1) is 10.7 Å². The summed E-state index contributed by atoms with van der Waals surface area (Å²) in [6, 6.07) is 4.55. The van der Waals surface area contributed by atoms with Gasteiger partial charge in [0.15, 0.2) is 17.4 Å². The summed E-state index contributed by atoms with van der Waals surface area (Å²) in [6.45, 7) is 0. The Morgan fingerprint density at radius 1 is 1.39 bits per heavy atom. The molecule has 0 amide bonds. The molecular formula is C12H11FIN3O. The topological polar surface area (TPSA) is 47.0 Å². The molecule has 0 aliphatic heterocycles. The molecular weight excluding hydrogens is 348 g/mol. The number of rotatable bonds is 3. The van der Waals surface area contributed by atoms with Crippen LogP contribution in [-0.4, -0.2) is 24.1 Å². The van der Waals surface area contributed by atoms with Crippen molar-refractivity contribution in [2.75, 3.05) is 19.5 Å². The monoisotopic (exact) mass is 359 g/mol. The first-order valence-electron chi connectivity index (χ1n) is 5.20. The van der Waals surface area contributed by atoms with E-state index in [9.17, 15) is 4.39 Å². The fourth-order valence-corrected chi connectivity index (χ4v) is 2.01. The molecule has 0 atom stereocenters. The second-order valence-corrected chi connectivity index (χ2v) is 4.65. The van der Waals surface area contributed by atoms with Crippen LogP contribution >= 0.6 is 22.6 Å². The van der Waals surface area contributed by atoms with Crippen LogP contribution in [0.2, 0.25) is 0 Å². The second kappa shape index (κ2) is 5.47. The Morgan fingerprint density at radius 2 is 2.17 bits per heavy atom. The van der Waals surface area contributed by atoms with Crippen LogP contribution in [0, 0.1) is 9.39 Å². The van der Waals surface area contributed by atoms with Crippen molar-refractivity contribution in [1.82, 2.24) is 9.97 Å². The summed E-state index contributed by atoms with van der Waals surface area (Å²) in [4.78, 5) is 8.58. The molecule has 0 fully saturated rings. The van der Waals surface area contributed by atoms with E-state index in [0.29, 0.717) is 11.4 Å². The summed E-state index contributed by atoms with van der Waals surface area (Å²) in [5.74, 6) is 1.04. The Kier molecular flexibility index (Phi) is 3.95. The van der Waals surface area contributed by atoms with E-state index < -0.39 is 5.82 Å². The van der Waals surface area contributed by atoms with Crippen LogP contribution in [0.4, 0.5) is 10.2 Å². The largest absolute Gasteiger partial charge is 0.494 e. The number of methoxy groups -OCH3 is 1. The predicted molar refractivity (Wildman–Crippen MR) is 76.2 cm³/mol. The molecule has 18 heavy (non-hydrogen) atoms. The third kappa shape index (κ3) is 2.53. The molecule has 1 aromatic heterocycles. The molecule has 0 bridgehead atoms. The average Bonchev–Trinajstić information content (AvgIpc) is 2.40. The van der Waals surface area contributed by atoms with Gasteiger partial charge >= 0.3 is 0 Å². The zero-order valence-electron chi connectivity index (χ0n) is 9.87. The number of nitrogens with zero attached hydrogens (tertiary/aromatic N) is 2. The lowest BCUT2D eigenvalue weighted by atomic mass is 10.2. The van der Waals surface area contributed by atoms with E-state index in [4.69, 9.17) is 4.74 Å². The van der Waals surface area contributed by atoms with Crippen LogP contribution in [0.15, 0.2) is 24.4 Å². The highest BCUT2D eigenvalue weighted by molar-refractivity contribution is 14.1. The van der Waals surface area contributed by atoms with Gasteiger partial charge in [-0.3, -0.25) is 0 Å². The molecule has 1 aromatic carbocycles. The van der Waals surface area contributed by atoms with E-state index in [-0.39, 0.29) is 5.75 Å². The first-order chi connectivity index (χ1) is 8.65. The van der Waals surface area contributed by atoms with Gasteiger partial charge in [-0.05, 0) is 40.8 Å². The molecule has 1 heterocycles. The molecule has 2 aromatic rings. The second-order valence-electron chi connectivity index (χ2n) is 3.49. The maximum atomic E-state index is 13.3. The predicted octanol–water partition coefficient (Wildman–Crippen LogP) is 2.94. The molecule has 0 saturated carbocycles. The highest BCUT2D eigenvalue weighted by Gasteiger charge is 2.09. The molecule has 1 N–H and O–H groups in total. The van der Waals surface area contributed by atoms with Crippen LogP contribution in [-0.2, 0) is 0 Å². The zero-order chi connectivity index (χ0) is 13.1. The van der Waals surface area contributed by atoms with E-state index >= 15 is 0 Å². The highest BCUT2D eigenvalue weighted by Crippen LogP contribution is 2.25. The quantitative estimate of drug-likeness (QED) is 0.857. The molecule has 0 aliphatic rings. The lowest BCUT2D eigenvalue weighted by Crippen LogP contribution is -1.99. The number of nitrogens with one attached hydrogen (secondary N) is 1. The van der Waals surface area contributed by atoms with Gasteiger partial charge in [0, 0.05) is 18.8 Å². The van der Waals surface area contributed by atoms with Gasteiger partial charge in [0.2, 0.25) is 0 Å². The molecule has 0 radical (unpaired) electrons. The molecule has 6 heteroatoms. The van der Waals surface area contributed by atoms with Crippen molar-refractivity contribution in [2.45, 2.75) is 0 Å². The summed E-state index contributed by atoms with van der Waals surface area (Å²) >= 11 is 2.14. The maximum Gasteiger partial charge on any atom is 0.165 e. The number of anilines is 1. The summed E-state index contributed by atoms with van der Waals surface area (Å²) in [6.07, 6.45) is 1.71. The van der Waals surface area contributed by atoms with Crippen LogP contribution < -0.4 is 10.1 Å². The fourth-order valence-electron chi connectivity index (χ4n) is 1.48. The average molecular weight is 359 g/mol. The van der Waals surface area contributed by atoms with Gasteiger partial charge in [0.1, 0.15) is 5.82 Å². The standard InChI is InChI=1S/C12H11FIN3O/c1-15-12-9(14)6-16-11(17-12)7-3-4-8(13)10(5-7)18-2/h3-6H,1-2H3,(H,15,16,17). The van der Waals surface area contributed by atoms with Crippen LogP contribution in [0.25, 0.3) is 11.4 Å². The van der Waals surface area contributed by atoms with E-state index in [1.54, 1.807) is 25.4 Å². The molecule has 0 unspecified atom stereocenters. The number of benzene rings is 1. The Morgan fingerprint density at radius 3 is 2.83 bits per heavy atom. The Balaban J connectivity index is 2.48. The Labute approximate surface area is 118 Å². The zero-order valence-corrected chi connectivity index (χ0v) is 12.0. The third-order valence-electron chi connectivity index (χ3n) is 2.39. The first kappa shape index (κ1) is 13.0. The molecule has 94 valence electrons. The summed E-state index contributed by atoms with van der Waals surface area (Å²) in [7, 11) is 3.22. The van der Waals surface area contributed by atoms with Gasteiger partial charge < -0.3 is 10.1 Å². The van der Waals surface area contributed by atoms with E-state index in [0.717, 1.165) is 9.39 Å². The van der Waals surface area contributed by atoms with Crippen molar-refractivity contribution >= 4 is 28.4 Å². The lowest BCUT2D eigenvalue weighted by Gasteiger charge is -2.07. The third-order valence-corrected chi connectivity index (χ3v) is 3.18. The van der Waals surface area contributed by atoms with Gasteiger partial charge in [-0.25, -0.2) is 14.4 Å². The van der Waals surface area contributed by atoms with Gasteiger partial charge in [-0.15, -0.1) is 0 Å². The van der Waals surface area contributed by atoms with E-state index in [1.165, 1.54) is 13.2 Å². The maximum absolute atomic E-state index is 13.3. The summed E-state index contributed by atoms with van der Waals surface area (Å²) in [5.41, 5.74) is 0.709. The first-order valence-corrected chi connectivity index (χ1v) is 6.27. The normalized spacial score (nSPS) is 10.2.